The summed E-state index contributed by atoms with van der Waals surface area (Å²) in [6.07, 6.45) is 1.66. The van der Waals surface area contributed by atoms with E-state index in [9.17, 15) is 4.79 Å². The van der Waals surface area contributed by atoms with E-state index in [-0.39, 0.29) is 11.5 Å². The van der Waals surface area contributed by atoms with Crippen LogP contribution in [0.25, 0.3) is 22.3 Å². The first-order chi connectivity index (χ1) is 20.7. The largest absolute Gasteiger partial charge is 0.494 e. The molecule has 9 heteroatoms. The van der Waals surface area contributed by atoms with Crippen LogP contribution in [-0.2, 0) is 6.61 Å². The van der Waals surface area contributed by atoms with E-state index in [0.717, 1.165) is 47.0 Å². The SMILES string of the molecule is CCOc1cc(C)c(-c2nc3ccccc3c(=O)n2N=Cc2ccc(OCc3ccc(Br)cc3Br)c(Br)c2)cc1C(C)C. The van der Waals surface area contributed by atoms with Gasteiger partial charge in [-0.15, -0.1) is 0 Å². The van der Waals surface area contributed by atoms with Crippen LogP contribution in [-0.4, -0.2) is 22.5 Å². The van der Waals surface area contributed by atoms with E-state index >= 15 is 0 Å². The van der Waals surface area contributed by atoms with Crippen LogP contribution in [0.3, 0.4) is 0 Å². The normalized spacial score (nSPS) is 11.5. The monoisotopic (exact) mass is 765 g/mol. The Morgan fingerprint density at radius 3 is 2.44 bits per heavy atom. The quantitative estimate of drug-likeness (QED) is 0.140. The first kappa shape index (κ1) is 31.2. The summed E-state index contributed by atoms with van der Waals surface area (Å²) in [4.78, 5) is 18.7. The number of ether oxygens (including phenoxy) is 2. The number of halogens is 3. The number of benzene rings is 4. The highest BCUT2D eigenvalue weighted by Crippen LogP contribution is 2.34. The maximum atomic E-state index is 13.8. The van der Waals surface area contributed by atoms with Crippen LogP contribution in [0.5, 0.6) is 11.5 Å². The van der Waals surface area contributed by atoms with Crippen molar-refractivity contribution in [2.75, 3.05) is 6.61 Å². The summed E-state index contributed by atoms with van der Waals surface area (Å²) in [5, 5.41) is 5.17. The van der Waals surface area contributed by atoms with Crippen molar-refractivity contribution in [1.82, 2.24) is 9.66 Å². The molecule has 5 aromatic rings. The number of aryl methyl sites for hydroxylation is 1. The lowest BCUT2D eigenvalue weighted by Crippen LogP contribution is -2.20. The van der Waals surface area contributed by atoms with Crippen molar-refractivity contribution < 1.29 is 9.47 Å². The van der Waals surface area contributed by atoms with Gasteiger partial charge in [0.15, 0.2) is 5.82 Å². The zero-order chi connectivity index (χ0) is 30.7. The number of hydrogen-bond donors (Lipinski definition) is 0. The lowest BCUT2D eigenvalue weighted by Gasteiger charge is -2.18. The Bertz CT molecular complexity index is 1900. The second-order valence-electron chi connectivity index (χ2n) is 10.3. The standard InChI is InChI=1S/C34H30Br3N3O3/c1-5-42-32-14-21(4)27(17-26(32)20(2)3)33-39-30-9-7-6-8-25(30)34(41)40(33)38-18-22-10-13-31(29(37)15-22)43-19-23-11-12-24(35)16-28(23)36/h6-18,20H,5,19H2,1-4H3. The van der Waals surface area contributed by atoms with Gasteiger partial charge in [-0.2, -0.15) is 9.78 Å². The van der Waals surface area contributed by atoms with Crippen molar-refractivity contribution in [3.63, 3.8) is 0 Å². The molecule has 0 atom stereocenters. The highest BCUT2D eigenvalue weighted by Gasteiger charge is 2.18. The molecule has 0 bridgehead atoms. The highest BCUT2D eigenvalue weighted by molar-refractivity contribution is 9.11. The Morgan fingerprint density at radius 2 is 1.72 bits per heavy atom. The first-order valence-corrected chi connectivity index (χ1v) is 16.2. The van der Waals surface area contributed by atoms with Gasteiger partial charge >= 0.3 is 0 Å². The smallest absolute Gasteiger partial charge is 0.282 e. The van der Waals surface area contributed by atoms with E-state index in [1.54, 1.807) is 12.3 Å². The summed E-state index contributed by atoms with van der Waals surface area (Å²) >= 11 is 10.7. The predicted octanol–water partition coefficient (Wildman–Crippen LogP) is 9.64. The second kappa shape index (κ2) is 13.6. The molecule has 0 aliphatic heterocycles. The van der Waals surface area contributed by atoms with Crippen molar-refractivity contribution in [2.45, 2.75) is 40.2 Å². The van der Waals surface area contributed by atoms with Gasteiger partial charge < -0.3 is 9.47 Å². The molecule has 0 fully saturated rings. The van der Waals surface area contributed by atoms with Crippen molar-refractivity contribution in [2.24, 2.45) is 5.10 Å². The number of nitrogens with zero attached hydrogens (tertiary/aromatic N) is 3. The molecule has 4 aromatic carbocycles. The van der Waals surface area contributed by atoms with Crippen molar-refractivity contribution in [3.05, 3.63) is 119 Å². The third-order valence-corrected chi connectivity index (χ3v) is 8.80. The zero-order valence-electron chi connectivity index (χ0n) is 24.2. The van der Waals surface area contributed by atoms with Gasteiger partial charge in [0.1, 0.15) is 18.1 Å². The van der Waals surface area contributed by atoms with Gasteiger partial charge in [-0.05, 0) is 107 Å². The van der Waals surface area contributed by atoms with E-state index in [1.165, 1.54) is 4.68 Å². The zero-order valence-corrected chi connectivity index (χ0v) is 29.0. The van der Waals surface area contributed by atoms with Gasteiger partial charge in [-0.1, -0.05) is 63.9 Å². The number of fused-ring (bicyclic) bond motifs is 1. The summed E-state index contributed by atoms with van der Waals surface area (Å²) in [6.45, 7) is 9.20. The summed E-state index contributed by atoms with van der Waals surface area (Å²) in [5.41, 5.74) is 5.03. The lowest BCUT2D eigenvalue weighted by molar-refractivity contribution is 0.303. The Morgan fingerprint density at radius 1 is 0.930 bits per heavy atom. The molecule has 6 nitrogen and oxygen atoms in total. The molecule has 220 valence electrons. The Hall–Kier alpha value is -3.27. The molecule has 0 radical (unpaired) electrons. The fourth-order valence-corrected chi connectivity index (χ4v) is 6.38. The third-order valence-electron chi connectivity index (χ3n) is 6.95. The molecular formula is C34H30Br3N3O3. The van der Waals surface area contributed by atoms with Crippen LogP contribution >= 0.6 is 47.8 Å². The number of hydrogen-bond acceptors (Lipinski definition) is 5. The first-order valence-electron chi connectivity index (χ1n) is 13.9. The molecule has 0 aliphatic carbocycles. The van der Waals surface area contributed by atoms with Gasteiger partial charge in [0.05, 0.1) is 28.2 Å². The van der Waals surface area contributed by atoms with Crippen molar-refractivity contribution in [3.8, 4) is 22.9 Å². The highest BCUT2D eigenvalue weighted by atomic mass is 79.9. The Balaban J connectivity index is 1.53. The van der Waals surface area contributed by atoms with Gasteiger partial charge in [0.2, 0.25) is 0 Å². The van der Waals surface area contributed by atoms with Gasteiger partial charge in [-0.3, -0.25) is 4.79 Å². The molecule has 0 spiro atoms. The fourth-order valence-electron chi connectivity index (χ4n) is 4.71. The molecule has 0 N–H and O–H groups in total. The minimum absolute atomic E-state index is 0.216. The number of rotatable bonds is 9. The van der Waals surface area contributed by atoms with E-state index in [4.69, 9.17) is 14.5 Å². The van der Waals surface area contributed by atoms with Gasteiger partial charge in [0, 0.05) is 20.1 Å². The molecule has 0 saturated heterocycles. The molecule has 1 heterocycles. The van der Waals surface area contributed by atoms with E-state index in [2.05, 4.69) is 72.8 Å². The summed E-state index contributed by atoms with van der Waals surface area (Å²) < 4.78 is 16.1. The molecule has 0 amide bonds. The van der Waals surface area contributed by atoms with Gasteiger partial charge in [0.25, 0.3) is 5.56 Å². The predicted molar refractivity (Wildman–Crippen MR) is 185 cm³/mol. The minimum Gasteiger partial charge on any atom is -0.494 e. The van der Waals surface area contributed by atoms with Crippen LogP contribution in [0.4, 0.5) is 0 Å². The van der Waals surface area contributed by atoms with Crippen molar-refractivity contribution in [1.29, 1.82) is 0 Å². The van der Waals surface area contributed by atoms with Crippen LogP contribution in [0, 0.1) is 6.92 Å². The topological polar surface area (TPSA) is 65.7 Å². The molecule has 0 aliphatic rings. The van der Waals surface area contributed by atoms with Crippen LogP contribution in [0.2, 0.25) is 0 Å². The van der Waals surface area contributed by atoms with Gasteiger partial charge in [-0.25, -0.2) is 4.98 Å². The average molecular weight is 768 g/mol. The maximum Gasteiger partial charge on any atom is 0.282 e. The van der Waals surface area contributed by atoms with Crippen LogP contribution < -0.4 is 15.0 Å². The second-order valence-corrected chi connectivity index (χ2v) is 12.9. The summed E-state index contributed by atoms with van der Waals surface area (Å²) in [7, 11) is 0. The number of para-hydroxylation sites is 1. The Kier molecular flexibility index (Phi) is 9.84. The van der Waals surface area contributed by atoms with Crippen LogP contribution in [0.15, 0.2) is 96.1 Å². The lowest BCUT2D eigenvalue weighted by atomic mass is 9.96. The summed E-state index contributed by atoms with van der Waals surface area (Å²) in [5.74, 6) is 2.23. The maximum absolute atomic E-state index is 13.8. The van der Waals surface area contributed by atoms with Crippen LogP contribution in [0.1, 0.15) is 48.9 Å². The van der Waals surface area contributed by atoms with E-state index in [0.29, 0.717) is 35.7 Å². The molecule has 0 saturated carbocycles. The molecular weight excluding hydrogens is 738 g/mol. The molecule has 43 heavy (non-hydrogen) atoms. The minimum atomic E-state index is -0.240. The number of aromatic nitrogens is 2. The fraction of sp³-hybridized carbons (Fsp3) is 0.206. The molecule has 1 aromatic heterocycles. The third kappa shape index (κ3) is 6.95. The van der Waals surface area contributed by atoms with E-state index in [1.807, 2.05) is 74.5 Å². The molecule has 5 rings (SSSR count). The Labute approximate surface area is 276 Å². The van der Waals surface area contributed by atoms with Crippen molar-refractivity contribution >= 4 is 64.9 Å². The average Bonchev–Trinajstić information content (AvgIpc) is 2.97. The molecule has 0 unspecified atom stereocenters. The summed E-state index contributed by atoms with van der Waals surface area (Å²) in [6, 6.07) is 23.1. The van der Waals surface area contributed by atoms with E-state index < -0.39 is 0 Å².